The smallest absolute Gasteiger partial charge is 0.540 e. The van der Waals surface area contributed by atoms with E-state index in [1.54, 1.807) is 24.4 Å². The van der Waals surface area contributed by atoms with Crippen molar-refractivity contribution in [1.82, 2.24) is 10.3 Å². The van der Waals surface area contributed by atoms with Crippen LogP contribution in [0.3, 0.4) is 0 Å². The fourth-order valence-electron chi connectivity index (χ4n) is 0.746. The van der Waals surface area contributed by atoms with E-state index in [9.17, 15) is 14.7 Å². The normalized spacial score (nSPS) is 8.57. The first-order chi connectivity index (χ1) is 6.20. The summed E-state index contributed by atoms with van der Waals surface area (Å²) in [6.45, 7) is 0.0909. The zero-order valence-electron chi connectivity index (χ0n) is 7.69. The zero-order valence-corrected chi connectivity index (χ0v) is 10.8. The molecule has 0 saturated carbocycles. The van der Waals surface area contributed by atoms with Crippen molar-refractivity contribution in [3.05, 3.63) is 30.1 Å². The molecule has 1 heterocycles. The number of pyridine rings is 1. The van der Waals surface area contributed by atoms with Crippen LogP contribution in [0.5, 0.6) is 0 Å². The Hall–Kier alpha value is -0.274. The Kier molecular flexibility index (Phi) is 6.94. The molecular formula is C8H7KN2O3. The molecule has 0 aliphatic carbocycles. The minimum atomic E-state index is -1.74. The van der Waals surface area contributed by atoms with Crippen molar-refractivity contribution in [2.24, 2.45) is 0 Å². The second-order valence-corrected chi connectivity index (χ2v) is 2.29. The maximum Gasteiger partial charge on any atom is 1.00 e. The van der Waals surface area contributed by atoms with Crippen molar-refractivity contribution in [3.63, 3.8) is 0 Å². The van der Waals surface area contributed by atoms with Crippen molar-refractivity contribution < 1.29 is 66.1 Å². The van der Waals surface area contributed by atoms with Crippen LogP contribution in [0.15, 0.2) is 24.4 Å². The first kappa shape index (κ1) is 13.7. The summed E-state index contributed by atoms with van der Waals surface area (Å²) in [6.07, 6.45) is 1.56. The summed E-state index contributed by atoms with van der Waals surface area (Å²) < 4.78 is 0. The van der Waals surface area contributed by atoms with Crippen LogP contribution in [0.2, 0.25) is 0 Å². The van der Waals surface area contributed by atoms with Crippen LogP contribution in [0.1, 0.15) is 5.69 Å². The molecule has 0 aromatic carbocycles. The quantitative estimate of drug-likeness (QED) is 0.400. The maximum atomic E-state index is 10.5. The first-order valence-corrected chi connectivity index (χ1v) is 3.59. The number of aromatic nitrogens is 1. The summed E-state index contributed by atoms with van der Waals surface area (Å²) in [7, 11) is 0. The molecule has 0 atom stereocenters. The van der Waals surface area contributed by atoms with Gasteiger partial charge in [0.1, 0.15) is 5.97 Å². The Morgan fingerprint density at radius 3 is 2.64 bits per heavy atom. The van der Waals surface area contributed by atoms with Gasteiger partial charge in [-0.1, -0.05) is 6.07 Å². The number of amides is 1. The molecule has 0 bridgehead atoms. The molecule has 6 heteroatoms. The maximum absolute atomic E-state index is 10.5. The predicted molar refractivity (Wildman–Crippen MR) is 41.1 cm³/mol. The Balaban J connectivity index is 0.00000169. The van der Waals surface area contributed by atoms with Gasteiger partial charge in [-0.3, -0.25) is 9.78 Å². The van der Waals surface area contributed by atoms with Crippen molar-refractivity contribution in [2.75, 3.05) is 0 Å². The van der Waals surface area contributed by atoms with Gasteiger partial charge in [0, 0.05) is 6.20 Å². The molecule has 0 aliphatic heterocycles. The number of carbonyl (C=O) groups excluding carboxylic acids is 2. The van der Waals surface area contributed by atoms with E-state index in [2.05, 4.69) is 10.3 Å². The van der Waals surface area contributed by atoms with Gasteiger partial charge in [0.15, 0.2) is 0 Å². The summed E-state index contributed by atoms with van der Waals surface area (Å²) in [5.74, 6) is -2.87. The van der Waals surface area contributed by atoms with Crippen LogP contribution in [0.4, 0.5) is 0 Å². The second kappa shape index (κ2) is 7.08. The van der Waals surface area contributed by atoms with Crippen LogP contribution >= 0.6 is 0 Å². The fourth-order valence-corrected chi connectivity index (χ4v) is 0.746. The molecule has 1 N–H and O–H groups in total. The van der Waals surface area contributed by atoms with E-state index in [1.807, 2.05) is 0 Å². The Bertz CT molecular complexity index is 316. The van der Waals surface area contributed by atoms with E-state index in [0.29, 0.717) is 5.69 Å². The van der Waals surface area contributed by atoms with Gasteiger partial charge in [0.25, 0.3) is 5.91 Å². The van der Waals surface area contributed by atoms with Crippen LogP contribution < -0.4 is 61.8 Å². The largest absolute Gasteiger partial charge is 1.00 e. The number of hydrogen-bond acceptors (Lipinski definition) is 4. The summed E-state index contributed by atoms with van der Waals surface area (Å²) >= 11 is 0. The standard InChI is InChI=1S/C8H8N2O3.K/c11-7(8(12)13)10-5-6-3-1-2-4-9-6;/h1-4H,5H2,(H,10,11)(H,12,13);/q;+1/p-1. The monoisotopic (exact) mass is 218 g/mol. The molecule has 0 spiro atoms. The number of aliphatic carboxylic acids is 1. The summed E-state index contributed by atoms with van der Waals surface area (Å²) in [6, 6.07) is 5.15. The van der Waals surface area contributed by atoms with Gasteiger partial charge in [0.05, 0.1) is 12.2 Å². The molecule has 1 aromatic rings. The van der Waals surface area contributed by atoms with Crippen molar-refractivity contribution >= 4 is 11.9 Å². The average molecular weight is 218 g/mol. The van der Waals surface area contributed by atoms with Crippen molar-refractivity contribution in [2.45, 2.75) is 6.54 Å². The Morgan fingerprint density at radius 1 is 1.43 bits per heavy atom. The molecule has 0 saturated heterocycles. The van der Waals surface area contributed by atoms with E-state index < -0.39 is 11.9 Å². The molecule has 5 nitrogen and oxygen atoms in total. The number of carbonyl (C=O) groups is 2. The molecule has 14 heavy (non-hydrogen) atoms. The fraction of sp³-hybridized carbons (Fsp3) is 0.125. The van der Waals surface area contributed by atoms with Crippen LogP contribution in [-0.2, 0) is 16.1 Å². The van der Waals surface area contributed by atoms with E-state index in [1.165, 1.54) is 0 Å². The van der Waals surface area contributed by atoms with E-state index in [0.717, 1.165) is 0 Å². The third kappa shape index (κ3) is 4.82. The number of nitrogens with one attached hydrogen (secondary N) is 1. The summed E-state index contributed by atoms with van der Waals surface area (Å²) in [5, 5.41) is 12.1. The van der Waals surface area contributed by atoms with Crippen LogP contribution in [0, 0.1) is 0 Å². The molecule has 0 radical (unpaired) electrons. The zero-order chi connectivity index (χ0) is 9.68. The molecule has 1 amide bonds. The molecule has 1 aromatic heterocycles. The third-order valence-corrected chi connectivity index (χ3v) is 1.34. The third-order valence-electron chi connectivity index (χ3n) is 1.34. The number of hydrogen-bond donors (Lipinski definition) is 1. The molecule has 0 aliphatic rings. The van der Waals surface area contributed by atoms with Gasteiger partial charge >= 0.3 is 51.4 Å². The van der Waals surface area contributed by atoms with Gasteiger partial charge in [-0.05, 0) is 12.1 Å². The molecular weight excluding hydrogens is 211 g/mol. The number of nitrogens with zero attached hydrogens (tertiary/aromatic N) is 1. The minimum absolute atomic E-state index is 0. The molecule has 0 fully saturated rings. The predicted octanol–water partition coefficient (Wildman–Crippen LogP) is -4.55. The van der Waals surface area contributed by atoms with Crippen LogP contribution in [-0.4, -0.2) is 16.9 Å². The minimum Gasteiger partial charge on any atom is -0.540 e. The van der Waals surface area contributed by atoms with Gasteiger partial charge in [-0.25, -0.2) is 0 Å². The summed E-state index contributed by atoms with van der Waals surface area (Å²) in [5.41, 5.74) is 0.595. The van der Waals surface area contributed by atoms with Gasteiger partial charge < -0.3 is 15.2 Å². The number of carboxylic acids is 1. The van der Waals surface area contributed by atoms with Gasteiger partial charge in [-0.2, -0.15) is 0 Å². The number of rotatable bonds is 2. The summed E-state index contributed by atoms with van der Waals surface area (Å²) in [4.78, 5) is 24.4. The molecule has 0 unspecified atom stereocenters. The first-order valence-electron chi connectivity index (χ1n) is 3.59. The van der Waals surface area contributed by atoms with Crippen LogP contribution in [0.25, 0.3) is 0 Å². The number of carboxylic acid groups (broad SMARTS) is 1. The SMILES string of the molecule is O=C([O-])C(=O)NCc1ccccn1.[K+]. The van der Waals surface area contributed by atoms with E-state index >= 15 is 0 Å². The second-order valence-electron chi connectivity index (χ2n) is 2.29. The average Bonchev–Trinajstić information content (AvgIpc) is 2.15. The van der Waals surface area contributed by atoms with Gasteiger partial charge in [-0.15, -0.1) is 0 Å². The molecule has 68 valence electrons. The topological polar surface area (TPSA) is 82.1 Å². The van der Waals surface area contributed by atoms with Crippen molar-refractivity contribution in [1.29, 1.82) is 0 Å². The molecule has 1 rings (SSSR count). The van der Waals surface area contributed by atoms with Gasteiger partial charge in [0.2, 0.25) is 0 Å². The Labute approximate surface area is 123 Å². The van der Waals surface area contributed by atoms with E-state index in [-0.39, 0.29) is 57.9 Å². The Morgan fingerprint density at radius 2 is 2.14 bits per heavy atom. The van der Waals surface area contributed by atoms with Crippen molar-refractivity contribution in [3.8, 4) is 0 Å². The van der Waals surface area contributed by atoms with E-state index in [4.69, 9.17) is 0 Å².